The van der Waals surface area contributed by atoms with Crippen molar-refractivity contribution in [3.8, 4) is 0 Å². The Balaban J connectivity index is 1.49. The Morgan fingerprint density at radius 2 is 1.50 bits per heavy atom. The number of amides is 4. The van der Waals surface area contributed by atoms with Gasteiger partial charge in [-0.25, -0.2) is 4.79 Å². The quantitative estimate of drug-likeness (QED) is 0.627. The van der Waals surface area contributed by atoms with Gasteiger partial charge in [-0.05, 0) is 30.4 Å². The summed E-state index contributed by atoms with van der Waals surface area (Å²) in [4.78, 5) is 43.0. The number of carbonyl (C=O) groups excluding carboxylic acids is 3. The first-order chi connectivity index (χ1) is 14.6. The number of benzene rings is 2. The molecule has 1 saturated carbocycles. The van der Waals surface area contributed by atoms with Crippen molar-refractivity contribution >= 4 is 23.5 Å². The van der Waals surface area contributed by atoms with Gasteiger partial charge in [-0.1, -0.05) is 67.8 Å². The monoisotopic (exact) mass is 403 g/mol. The summed E-state index contributed by atoms with van der Waals surface area (Å²) in [6.07, 6.45) is 5.52. The molecule has 1 unspecified atom stereocenters. The van der Waals surface area contributed by atoms with Crippen molar-refractivity contribution in [3.63, 3.8) is 0 Å². The third-order valence-corrected chi connectivity index (χ3v) is 6.62. The predicted molar refractivity (Wildman–Crippen MR) is 113 cm³/mol. The summed E-state index contributed by atoms with van der Waals surface area (Å²) < 4.78 is 0. The molecule has 5 rings (SSSR count). The van der Waals surface area contributed by atoms with Crippen molar-refractivity contribution < 1.29 is 14.4 Å². The lowest BCUT2D eigenvalue weighted by Crippen LogP contribution is -2.52. The van der Waals surface area contributed by atoms with Crippen molar-refractivity contribution in [2.45, 2.75) is 44.2 Å². The van der Waals surface area contributed by atoms with Gasteiger partial charge in [0.15, 0.2) is 0 Å². The van der Waals surface area contributed by atoms with Gasteiger partial charge in [-0.15, -0.1) is 0 Å². The van der Waals surface area contributed by atoms with Crippen molar-refractivity contribution in [1.82, 2.24) is 10.2 Å². The van der Waals surface area contributed by atoms with Crippen molar-refractivity contribution in [2.24, 2.45) is 5.92 Å². The minimum Gasteiger partial charge on any atom is -0.311 e. The zero-order valence-corrected chi connectivity index (χ0v) is 16.8. The van der Waals surface area contributed by atoms with E-state index in [0.29, 0.717) is 30.3 Å². The molecule has 0 aromatic heterocycles. The Bertz CT molecular complexity index is 1000. The minimum absolute atomic E-state index is 0.316. The largest absolute Gasteiger partial charge is 0.325 e. The second-order valence-electron chi connectivity index (χ2n) is 8.49. The maximum atomic E-state index is 13.6. The third-order valence-electron chi connectivity index (χ3n) is 6.62. The number of rotatable bonds is 4. The van der Waals surface area contributed by atoms with E-state index in [0.717, 1.165) is 31.2 Å². The average Bonchev–Trinajstić information content (AvgIpc) is 3.17. The van der Waals surface area contributed by atoms with Crippen LogP contribution in [0.5, 0.6) is 0 Å². The Kier molecular flexibility index (Phi) is 4.57. The van der Waals surface area contributed by atoms with E-state index in [-0.39, 0.29) is 5.91 Å². The molecule has 2 aromatic rings. The van der Waals surface area contributed by atoms with Crippen LogP contribution in [0.1, 0.15) is 43.2 Å². The van der Waals surface area contributed by atoms with Gasteiger partial charge in [0, 0.05) is 12.1 Å². The molecule has 1 aliphatic carbocycles. The van der Waals surface area contributed by atoms with Gasteiger partial charge >= 0.3 is 6.03 Å². The van der Waals surface area contributed by atoms with Crippen LogP contribution in [-0.4, -0.2) is 29.3 Å². The molecule has 154 valence electrons. The summed E-state index contributed by atoms with van der Waals surface area (Å²) in [5.74, 6) is -0.501. The zero-order valence-electron chi connectivity index (χ0n) is 16.8. The minimum atomic E-state index is -1.64. The number of hydrogen-bond donors (Lipinski definition) is 1. The van der Waals surface area contributed by atoms with Gasteiger partial charge in [0.1, 0.15) is 0 Å². The zero-order chi connectivity index (χ0) is 20.7. The van der Waals surface area contributed by atoms with E-state index < -0.39 is 17.5 Å². The number of urea groups is 1. The molecule has 2 aromatic carbocycles. The van der Waals surface area contributed by atoms with Gasteiger partial charge in [-0.3, -0.25) is 14.5 Å². The molecule has 0 bridgehead atoms. The SMILES string of the molecule is O=C1NC2(C(=O)N1CC1CCCCC1)C(=O)N(Cc1ccccc1)c1ccccc12. The van der Waals surface area contributed by atoms with Crippen molar-refractivity contribution in [1.29, 1.82) is 0 Å². The van der Waals surface area contributed by atoms with Gasteiger partial charge in [-0.2, -0.15) is 0 Å². The maximum Gasteiger partial charge on any atom is 0.325 e. The highest BCUT2D eigenvalue weighted by Gasteiger charge is 2.63. The number of nitrogens with zero attached hydrogens (tertiary/aromatic N) is 2. The first kappa shape index (κ1) is 18.9. The normalized spacial score (nSPS) is 23.9. The molecule has 1 saturated heterocycles. The molecule has 30 heavy (non-hydrogen) atoms. The topological polar surface area (TPSA) is 69.7 Å². The van der Waals surface area contributed by atoms with Crippen molar-refractivity contribution in [3.05, 3.63) is 65.7 Å². The van der Waals surface area contributed by atoms with Crippen molar-refractivity contribution in [2.75, 3.05) is 11.4 Å². The van der Waals surface area contributed by atoms with Gasteiger partial charge in [0.25, 0.3) is 11.8 Å². The third kappa shape index (κ3) is 2.82. The molecule has 1 N–H and O–H groups in total. The molecular weight excluding hydrogens is 378 g/mol. The second-order valence-corrected chi connectivity index (χ2v) is 8.49. The molecule has 2 aliphatic heterocycles. The van der Waals surface area contributed by atoms with E-state index in [1.807, 2.05) is 48.5 Å². The Morgan fingerprint density at radius 3 is 2.27 bits per heavy atom. The Hall–Kier alpha value is -3.15. The van der Waals surface area contributed by atoms with E-state index >= 15 is 0 Å². The van der Waals surface area contributed by atoms with Crippen LogP contribution in [0.25, 0.3) is 0 Å². The summed E-state index contributed by atoms with van der Waals surface area (Å²) in [5.41, 5.74) is 0.570. The highest BCUT2D eigenvalue weighted by atomic mass is 16.2. The van der Waals surface area contributed by atoms with E-state index in [4.69, 9.17) is 0 Å². The van der Waals surface area contributed by atoms with Gasteiger partial charge < -0.3 is 10.2 Å². The highest BCUT2D eigenvalue weighted by Crippen LogP contribution is 2.44. The first-order valence-electron chi connectivity index (χ1n) is 10.7. The maximum absolute atomic E-state index is 13.6. The number of nitrogens with one attached hydrogen (secondary N) is 1. The number of carbonyl (C=O) groups is 3. The predicted octanol–water partition coefficient (Wildman–Crippen LogP) is 3.56. The smallest absolute Gasteiger partial charge is 0.311 e. The fourth-order valence-corrected chi connectivity index (χ4v) is 5.07. The van der Waals surface area contributed by atoms with Gasteiger partial charge in [0.05, 0.1) is 12.2 Å². The number of hydrogen-bond acceptors (Lipinski definition) is 3. The van der Waals surface area contributed by atoms with Gasteiger partial charge in [0.2, 0.25) is 5.54 Å². The lowest BCUT2D eigenvalue weighted by atomic mass is 9.88. The Morgan fingerprint density at radius 1 is 0.833 bits per heavy atom. The molecule has 4 amide bonds. The molecular formula is C24H25N3O3. The van der Waals surface area contributed by atoms with Crippen LogP contribution in [0.4, 0.5) is 10.5 Å². The Labute approximate surface area is 175 Å². The molecule has 6 nitrogen and oxygen atoms in total. The fourth-order valence-electron chi connectivity index (χ4n) is 5.07. The van der Waals surface area contributed by atoms with Crippen LogP contribution >= 0.6 is 0 Å². The average molecular weight is 403 g/mol. The van der Waals surface area contributed by atoms with Crippen LogP contribution in [0.2, 0.25) is 0 Å². The molecule has 2 fully saturated rings. The molecule has 2 heterocycles. The van der Waals surface area contributed by atoms with Crippen LogP contribution in [-0.2, 0) is 21.7 Å². The van der Waals surface area contributed by atoms with Crippen LogP contribution in [0.3, 0.4) is 0 Å². The van der Waals surface area contributed by atoms with Crippen LogP contribution < -0.4 is 10.2 Å². The number of anilines is 1. The number of imide groups is 1. The molecule has 0 radical (unpaired) electrons. The summed E-state index contributed by atoms with van der Waals surface area (Å²) in [6.45, 7) is 0.741. The summed E-state index contributed by atoms with van der Waals surface area (Å²) in [6, 6.07) is 16.5. The molecule has 1 spiro atoms. The number of para-hydroxylation sites is 1. The van der Waals surface area contributed by atoms with E-state index in [1.165, 1.54) is 11.3 Å². The summed E-state index contributed by atoms with van der Waals surface area (Å²) in [7, 11) is 0. The molecule has 6 heteroatoms. The summed E-state index contributed by atoms with van der Waals surface area (Å²) in [5, 5.41) is 2.79. The second kappa shape index (κ2) is 7.27. The molecule has 1 atom stereocenters. The van der Waals surface area contributed by atoms with Crippen LogP contribution in [0, 0.1) is 5.92 Å². The van der Waals surface area contributed by atoms with E-state index in [9.17, 15) is 14.4 Å². The standard InChI is InChI=1S/C24H25N3O3/c28-21-24(22(29)27(23(30)25-24)16-18-11-5-2-6-12-18)19-13-7-8-14-20(19)26(21)15-17-9-3-1-4-10-17/h1,3-4,7-10,13-14,18H,2,5-6,11-12,15-16H2,(H,25,30). The lowest BCUT2D eigenvalue weighted by Gasteiger charge is -2.26. The highest BCUT2D eigenvalue weighted by molar-refractivity contribution is 6.27. The first-order valence-corrected chi connectivity index (χ1v) is 10.7. The molecule has 3 aliphatic rings. The number of fused-ring (bicyclic) bond motifs is 2. The van der Waals surface area contributed by atoms with Crippen LogP contribution in [0.15, 0.2) is 54.6 Å². The van der Waals surface area contributed by atoms with E-state index in [1.54, 1.807) is 11.0 Å². The summed E-state index contributed by atoms with van der Waals surface area (Å²) >= 11 is 0. The van der Waals surface area contributed by atoms with E-state index in [2.05, 4.69) is 5.32 Å². The fraction of sp³-hybridized carbons (Fsp3) is 0.375. The lowest BCUT2D eigenvalue weighted by molar-refractivity contribution is -0.138.